The highest BCUT2D eigenvalue weighted by Gasteiger charge is 2.42. The second kappa shape index (κ2) is 7.06. The van der Waals surface area contributed by atoms with E-state index in [2.05, 4.69) is 20.6 Å². The maximum absolute atomic E-state index is 13.9. The normalized spacial score (nSPS) is 22.6. The minimum Gasteiger partial charge on any atom is -0.465 e. The van der Waals surface area contributed by atoms with Crippen LogP contribution in [0.15, 0.2) is 12.4 Å². The third-order valence-electron chi connectivity index (χ3n) is 4.08. The van der Waals surface area contributed by atoms with Crippen LogP contribution in [0.2, 0.25) is 0 Å². The van der Waals surface area contributed by atoms with Gasteiger partial charge in [-0.3, -0.25) is 0 Å². The van der Waals surface area contributed by atoms with Gasteiger partial charge in [0.25, 0.3) is 5.92 Å². The number of hydrogen-bond donors (Lipinski definition) is 3. The quantitative estimate of drug-likeness (QED) is 0.663. The van der Waals surface area contributed by atoms with Crippen LogP contribution in [0.3, 0.4) is 0 Å². The number of carbonyl (C=O) groups is 1. The molecule has 0 bridgehead atoms. The van der Waals surface area contributed by atoms with E-state index in [-0.39, 0.29) is 17.1 Å². The van der Waals surface area contributed by atoms with Gasteiger partial charge in [-0.25, -0.2) is 23.5 Å². The lowest BCUT2D eigenvalue weighted by atomic mass is 9.88. The van der Waals surface area contributed by atoms with Crippen molar-refractivity contribution in [1.29, 1.82) is 0 Å². The van der Waals surface area contributed by atoms with Crippen LogP contribution < -0.4 is 10.6 Å². The molecule has 3 rings (SSSR count). The number of hydrogen-bond acceptors (Lipinski definition) is 5. The van der Waals surface area contributed by atoms with E-state index >= 15 is 0 Å². The molecule has 2 aromatic rings. The Morgan fingerprint density at radius 3 is 2.67 bits per heavy atom. The van der Waals surface area contributed by atoms with E-state index in [4.69, 9.17) is 5.11 Å². The fraction of sp³-hybridized carbons (Fsp3) is 0.533. The zero-order valence-electron chi connectivity index (χ0n) is 13.7. The molecule has 0 unspecified atom stereocenters. The predicted molar refractivity (Wildman–Crippen MR) is 88.3 cm³/mol. The average Bonchev–Trinajstić information content (AvgIpc) is 2.85. The molecule has 1 saturated carbocycles. The summed E-state index contributed by atoms with van der Waals surface area (Å²) in [6, 6.07) is -0.442. The Kier molecular flexibility index (Phi) is 5.10. The molecule has 27 heavy (non-hydrogen) atoms. The van der Waals surface area contributed by atoms with Crippen molar-refractivity contribution in [3.63, 3.8) is 0 Å². The molecule has 0 saturated heterocycles. The molecular weight excluding hydrogens is 395 g/mol. The van der Waals surface area contributed by atoms with Gasteiger partial charge in [0, 0.05) is 29.8 Å². The second-order valence-electron chi connectivity index (χ2n) is 6.43. The van der Waals surface area contributed by atoms with Gasteiger partial charge >= 0.3 is 12.3 Å². The van der Waals surface area contributed by atoms with Crippen LogP contribution in [0.4, 0.5) is 32.6 Å². The van der Waals surface area contributed by atoms with Crippen molar-refractivity contribution < 1.29 is 31.9 Å². The van der Waals surface area contributed by atoms with Crippen LogP contribution in [-0.4, -0.2) is 45.4 Å². The molecular formula is C15H15F5N4O2S. The summed E-state index contributed by atoms with van der Waals surface area (Å²) in [6.07, 6.45) is -6.77. The molecule has 3 N–H and O–H groups in total. The summed E-state index contributed by atoms with van der Waals surface area (Å²) in [4.78, 5) is 19.0. The number of fused-ring (bicyclic) bond motifs is 1. The number of anilines is 1. The van der Waals surface area contributed by atoms with Crippen LogP contribution in [0.5, 0.6) is 0 Å². The molecule has 2 atom stereocenters. The minimum atomic E-state index is -4.37. The highest BCUT2D eigenvalue weighted by molar-refractivity contribution is 7.18. The number of nitrogens with one attached hydrogen (secondary N) is 2. The van der Waals surface area contributed by atoms with Crippen molar-refractivity contribution in [2.75, 3.05) is 5.32 Å². The number of rotatable bonds is 4. The Bertz CT molecular complexity index is 841. The first-order chi connectivity index (χ1) is 12.5. The third kappa shape index (κ3) is 5.15. The first-order valence-electron chi connectivity index (χ1n) is 7.95. The van der Waals surface area contributed by atoms with Crippen LogP contribution in [0.1, 0.15) is 24.1 Å². The van der Waals surface area contributed by atoms with E-state index in [9.17, 15) is 26.7 Å². The molecule has 1 amide bonds. The standard InChI is InChI=1S/C15H15F5N4O2S/c16-14(17)3-7(1-8(4-14)24-13(25)26)23-11-10-2-9(5-15(18,19)20)27-12(10)22-6-21-11/h2,6-8,24H,1,3-5H2,(H,25,26)(H,21,22,23)/t7-,8+/m0/s1. The molecule has 0 aliphatic heterocycles. The van der Waals surface area contributed by atoms with Gasteiger partial charge in [-0.15, -0.1) is 11.3 Å². The van der Waals surface area contributed by atoms with E-state index in [1.165, 1.54) is 6.07 Å². The number of nitrogens with zero attached hydrogens (tertiary/aromatic N) is 2. The average molecular weight is 410 g/mol. The van der Waals surface area contributed by atoms with Gasteiger partial charge in [0.1, 0.15) is 17.0 Å². The highest BCUT2D eigenvalue weighted by atomic mass is 32.1. The molecule has 12 heteroatoms. The fourth-order valence-corrected chi connectivity index (χ4v) is 4.23. The number of amides is 1. The van der Waals surface area contributed by atoms with E-state index in [0.29, 0.717) is 10.2 Å². The van der Waals surface area contributed by atoms with Gasteiger partial charge in [-0.05, 0) is 12.5 Å². The molecule has 1 fully saturated rings. The number of alkyl halides is 5. The summed E-state index contributed by atoms with van der Waals surface area (Å²) in [6.45, 7) is 0. The summed E-state index contributed by atoms with van der Waals surface area (Å²) < 4.78 is 65.6. The maximum atomic E-state index is 13.9. The number of halogens is 5. The van der Waals surface area contributed by atoms with Crippen LogP contribution in [-0.2, 0) is 6.42 Å². The largest absolute Gasteiger partial charge is 0.465 e. The first-order valence-corrected chi connectivity index (χ1v) is 8.76. The number of carboxylic acid groups (broad SMARTS) is 1. The number of thiophene rings is 1. The van der Waals surface area contributed by atoms with Gasteiger partial charge in [0.2, 0.25) is 0 Å². The van der Waals surface area contributed by atoms with Gasteiger partial charge in [0.05, 0.1) is 11.8 Å². The Balaban J connectivity index is 1.81. The van der Waals surface area contributed by atoms with Gasteiger partial charge in [0.15, 0.2) is 0 Å². The molecule has 1 aliphatic carbocycles. The van der Waals surface area contributed by atoms with Crippen molar-refractivity contribution in [2.45, 2.75) is 49.9 Å². The molecule has 0 aromatic carbocycles. The first kappa shape index (κ1) is 19.5. The topological polar surface area (TPSA) is 87.1 Å². The summed E-state index contributed by atoms with van der Waals surface area (Å²) in [5.74, 6) is -2.92. The molecule has 1 aliphatic rings. The van der Waals surface area contributed by atoms with Crippen molar-refractivity contribution >= 4 is 33.5 Å². The fourth-order valence-electron chi connectivity index (χ4n) is 3.21. The molecule has 0 spiro atoms. The number of aromatic nitrogens is 2. The zero-order chi connectivity index (χ0) is 19.8. The lowest BCUT2D eigenvalue weighted by molar-refractivity contribution is -0.126. The Morgan fingerprint density at radius 1 is 1.30 bits per heavy atom. The van der Waals surface area contributed by atoms with Crippen molar-refractivity contribution in [1.82, 2.24) is 15.3 Å². The van der Waals surface area contributed by atoms with Crippen molar-refractivity contribution in [3.05, 3.63) is 17.3 Å². The van der Waals surface area contributed by atoms with E-state index in [1.807, 2.05) is 0 Å². The van der Waals surface area contributed by atoms with Gasteiger partial charge in [-0.2, -0.15) is 13.2 Å². The van der Waals surface area contributed by atoms with Crippen LogP contribution in [0.25, 0.3) is 10.2 Å². The van der Waals surface area contributed by atoms with Crippen LogP contribution in [0, 0.1) is 0 Å². The lowest BCUT2D eigenvalue weighted by Gasteiger charge is -2.35. The molecule has 0 radical (unpaired) electrons. The monoisotopic (exact) mass is 410 g/mol. The maximum Gasteiger partial charge on any atom is 0.404 e. The Morgan fingerprint density at radius 2 is 2.00 bits per heavy atom. The van der Waals surface area contributed by atoms with E-state index in [0.717, 1.165) is 17.7 Å². The van der Waals surface area contributed by atoms with Crippen molar-refractivity contribution in [3.8, 4) is 0 Å². The Labute approximate surface area is 153 Å². The molecule has 148 valence electrons. The lowest BCUT2D eigenvalue weighted by Crippen LogP contribution is -2.48. The third-order valence-corrected chi connectivity index (χ3v) is 5.13. The Hall–Kier alpha value is -2.24. The van der Waals surface area contributed by atoms with E-state index in [1.54, 1.807) is 0 Å². The van der Waals surface area contributed by atoms with Crippen molar-refractivity contribution in [2.24, 2.45) is 0 Å². The summed E-state index contributed by atoms with van der Waals surface area (Å²) in [5.41, 5.74) is 0. The second-order valence-corrected chi connectivity index (χ2v) is 7.55. The minimum absolute atomic E-state index is 0.0421. The smallest absolute Gasteiger partial charge is 0.404 e. The van der Waals surface area contributed by atoms with Gasteiger partial charge in [-0.1, -0.05) is 0 Å². The molecule has 6 nitrogen and oxygen atoms in total. The summed E-state index contributed by atoms with van der Waals surface area (Å²) in [7, 11) is 0. The highest BCUT2D eigenvalue weighted by Crippen LogP contribution is 2.37. The molecule has 2 aromatic heterocycles. The summed E-state index contributed by atoms with van der Waals surface area (Å²) >= 11 is 0.860. The zero-order valence-corrected chi connectivity index (χ0v) is 14.5. The SMILES string of the molecule is O=C(O)N[C@@H]1C[C@H](Nc2ncnc3sc(CC(F)(F)F)cc23)CC(F)(F)C1. The summed E-state index contributed by atoms with van der Waals surface area (Å²) in [5, 5.41) is 14.0. The van der Waals surface area contributed by atoms with E-state index < -0.39 is 49.5 Å². The predicted octanol–water partition coefficient (Wildman–Crippen LogP) is 4.03. The van der Waals surface area contributed by atoms with Gasteiger partial charge < -0.3 is 15.7 Å². The molecule has 2 heterocycles. The van der Waals surface area contributed by atoms with Crippen LogP contribution >= 0.6 is 11.3 Å².